The SMILES string of the molecule is O=C(Oc1cccc2ccccc12)c1ccccc1.Oc1ccccc1. The maximum Gasteiger partial charge on any atom is 0.343 e. The molecule has 0 aliphatic heterocycles. The van der Waals surface area contributed by atoms with Crippen LogP contribution in [-0.4, -0.2) is 11.1 Å². The second-order valence-corrected chi connectivity index (χ2v) is 5.57. The monoisotopic (exact) mass is 342 g/mol. The topological polar surface area (TPSA) is 46.5 Å². The van der Waals surface area contributed by atoms with Crippen LogP contribution in [0, 0.1) is 0 Å². The highest BCUT2D eigenvalue weighted by Gasteiger charge is 2.09. The number of carbonyl (C=O) groups is 1. The fourth-order valence-corrected chi connectivity index (χ4v) is 2.45. The minimum absolute atomic E-state index is 0.322. The molecule has 0 spiro atoms. The van der Waals surface area contributed by atoms with Gasteiger partial charge in [-0.05, 0) is 35.7 Å². The van der Waals surface area contributed by atoms with Crippen LogP contribution in [0.2, 0.25) is 0 Å². The van der Waals surface area contributed by atoms with Crippen LogP contribution >= 0.6 is 0 Å². The first-order valence-corrected chi connectivity index (χ1v) is 8.23. The first-order valence-electron chi connectivity index (χ1n) is 8.23. The lowest BCUT2D eigenvalue weighted by molar-refractivity contribution is 0.0737. The number of fused-ring (bicyclic) bond motifs is 1. The van der Waals surface area contributed by atoms with Crippen molar-refractivity contribution < 1.29 is 14.6 Å². The standard InChI is InChI=1S/C17H12O2.C6H6O/c18-17(14-8-2-1-3-9-14)19-16-12-6-10-13-7-4-5-11-15(13)16;7-6-4-2-1-3-5-6/h1-12H;1-5,7H. The average molecular weight is 342 g/mol. The fraction of sp³-hybridized carbons (Fsp3) is 0. The molecule has 4 aromatic rings. The largest absolute Gasteiger partial charge is 0.508 e. The van der Waals surface area contributed by atoms with Gasteiger partial charge in [0.2, 0.25) is 0 Å². The van der Waals surface area contributed by atoms with Crippen molar-refractivity contribution >= 4 is 16.7 Å². The second-order valence-electron chi connectivity index (χ2n) is 5.57. The van der Waals surface area contributed by atoms with E-state index in [1.54, 1.807) is 36.4 Å². The summed E-state index contributed by atoms with van der Waals surface area (Å²) >= 11 is 0. The Labute approximate surface area is 152 Å². The molecule has 0 aliphatic rings. The number of ether oxygens (including phenoxy) is 1. The number of hydrogen-bond acceptors (Lipinski definition) is 3. The summed E-state index contributed by atoms with van der Waals surface area (Å²) in [7, 11) is 0. The zero-order chi connectivity index (χ0) is 18.2. The van der Waals surface area contributed by atoms with Crippen LogP contribution in [0.15, 0.2) is 103 Å². The normalized spacial score (nSPS) is 9.85. The molecule has 0 saturated heterocycles. The number of phenolic OH excluding ortho intramolecular Hbond substituents is 1. The first kappa shape index (κ1) is 17.2. The molecule has 0 amide bonds. The lowest BCUT2D eigenvalue weighted by atomic mass is 10.1. The molecule has 3 heteroatoms. The van der Waals surface area contributed by atoms with Crippen LogP contribution in [0.1, 0.15) is 10.4 Å². The van der Waals surface area contributed by atoms with E-state index in [1.165, 1.54) is 0 Å². The summed E-state index contributed by atoms with van der Waals surface area (Å²) in [5, 5.41) is 10.6. The van der Waals surface area contributed by atoms with E-state index in [9.17, 15) is 4.79 Å². The molecule has 1 N–H and O–H groups in total. The highest BCUT2D eigenvalue weighted by molar-refractivity contribution is 5.95. The Kier molecular flexibility index (Phi) is 5.63. The molecule has 4 aromatic carbocycles. The molecule has 0 aromatic heterocycles. The van der Waals surface area contributed by atoms with Gasteiger partial charge in [0.1, 0.15) is 11.5 Å². The van der Waals surface area contributed by atoms with Gasteiger partial charge < -0.3 is 9.84 Å². The van der Waals surface area contributed by atoms with E-state index in [0.29, 0.717) is 17.1 Å². The van der Waals surface area contributed by atoms with E-state index in [2.05, 4.69) is 0 Å². The summed E-state index contributed by atoms with van der Waals surface area (Å²) in [5.74, 6) is 0.575. The maximum absolute atomic E-state index is 12.0. The second kappa shape index (κ2) is 8.49. The summed E-state index contributed by atoms with van der Waals surface area (Å²) in [6.45, 7) is 0. The number of rotatable bonds is 2. The van der Waals surface area contributed by atoms with Crippen LogP contribution in [0.25, 0.3) is 10.8 Å². The van der Waals surface area contributed by atoms with Gasteiger partial charge in [-0.2, -0.15) is 0 Å². The minimum atomic E-state index is -0.336. The van der Waals surface area contributed by atoms with Gasteiger partial charge in [-0.3, -0.25) is 0 Å². The van der Waals surface area contributed by atoms with Gasteiger partial charge in [0.05, 0.1) is 5.56 Å². The van der Waals surface area contributed by atoms with Gasteiger partial charge in [-0.1, -0.05) is 72.8 Å². The van der Waals surface area contributed by atoms with Gasteiger partial charge in [0.15, 0.2) is 0 Å². The molecule has 4 rings (SSSR count). The molecular formula is C23H18O3. The zero-order valence-corrected chi connectivity index (χ0v) is 14.1. The lowest BCUT2D eigenvalue weighted by Gasteiger charge is -2.07. The summed E-state index contributed by atoms with van der Waals surface area (Å²) in [6, 6.07) is 31.2. The van der Waals surface area contributed by atoms with Crippen molar-refractivity contribution in [2.75, 3.05) is 0 Å². The Balaban J connectivity index is 0.000000236. The Hall–Kier alpha value is -3.59. The highest BCUT2D eigenvalue weighted by atomic mass is 16.5. The molecule has 0 saturated carbocycles. The first-order chi connectivity index (χ1) is 12.7. The summed E-state index contributed by atoms with van der Waals surface area (Å²) in [5.41, 5.74) is 0.551. The number of aromatic hydroxyl groups is 1. The number of hydrogen-bond donors (Lipinski definition) is 1. The Morgan fingerprint density at radius 3 is 1.88 bits per heavy atom. The fourth-order valence-electron chi connectivity index (χ4n) is 2.45. The molecule has 0 aliphatic carbocycles. The third-order valence-corrected chi connectivity index (χ3v) is 3.72. The molecule has 0 bridgehead atoms. The predicted octanol–water partition coefficient (Wildman–Crippen LogP) is 5.45. The lowest BCUT2D eigenvalue weighted by Crippen LogP contribution is -2.08. The van der Waals surface area contributed by atoms with E-state index in [0.717, 1.165) is 10.8 Å². The summed E-state index contributed by atoms with van der Waals surface area (Å²) in [4.78, 5) is 12.0. The number of phenols is 1. The molecule has 3 nitrogen and oxygen atoms in total. The van der Waals surface area contributed by atoms with Crippen molar-refractivity contribution in [2.24, 2.45) is 0 Å². The van der Waals surface area contributed by atoms with Gasteiger partial charge in [0.25, 0.3) is 0 Å². The van der Waals surface area contributed by atoms with Crippen molar-refractivity contribution in [2.45, 2.75) is 0 Å². The number of carbonyl (C=O) groups excluding carboxylic acids is 1. The third-order valence-electron chi connectivity index (χ3n) is 3.72. The molecule has 26 heavy (non-hydrogen) atoms. The number of esters is 1. The Morgan fingerprint density at radius 1 is 0.654 bits per heavy atom. The van der Waals surface area contributed by atoms with E-state index in [-0.39, 0.29) is 5.97 Å². The quantitative estimate of drug-likeness (QED) is 0.389. The molecule has 0 unspecified atom stereocenters. The smallest absolute Gasteiger partial charge is 0.343 e. The van der Waals surface area contributed by atoms with Gasteiger partial charge in [0, 0.05) is 5.39 Å². The summed E-state index contributed by atoms with van der Waals surface area (Å²) in [6.07, 6.45) is 0. The van der Waals surface area contributed by atoms with E-state index in [4.69, 9.17) is 9.84 Å². The van der Waals surface area contributed by atoms with Crippen LogP contribution < -0.4 is 4.74 Å². The van der Waals surface area contributed by atoms with E-state index < -0.39 is 0 Å². The Bertz CT molecular complexity index is 974. The predicted molar refractivity (Wildman–Crippen MR) is 103 cm³/mol. The van der Waals surface area contributed by atoms with Crippen LogP contribution in [-0.2, 0) is 0 Å². The molecule has 128 valence electrons. The van der Waals surface area contributed by atoms with Gasteiger partial charge >= 0.3 is 5.97 Å². The van der Waals surface area contributed by atoms with Crippen molar-refractivity contribution in [3.63, 3.8) is 0 Å². The molecule has 0 fully saturated rings. The third kappa shape index (κ3) is 4.48. The van der Waals surface area contributed by atoms with E-state index in [1.807, 2.05) is 66.7 Å². The van der Waals surface area contributed by atoms with Crippen molar-refractivity contribution in [3.8, 4) is 11.5 Å². The summed E-state index contributed by atoms with van der Waals surface area (Å²) < 4.78 is 5.47. The van der Waals surface area contributed by atoms with Crippen LogP contribution in [0.5, 0.6) is 11.5 Å². The van der Waals surface area contributed by atoms with E-state index >= 15 is 0 Å². The molecular weight excluding hydrogens is 324 g/mol. The van der Waals surface area contributed by atoms with Crippen molar-refractivity contribution in [1.82, 2.24) is 0 Å². The zero-order valence-electron chi connectivity index (χ0n) is 14.1. The Morgan fingerprint density at radius 2 is 1.23 bits per heavy atom. The van der Waals surface area contributed by atoms with Gasteiger partial charge in [-0.15, -0.1) is 0 Å². The number of para-hydroxylation sites is 1. The van der Waals surface area contributed by atoms with Crippen LogP contribution in [0.4, 0.5) is 0 Å². The molecule has 0 atom stereocenters. The minimum Gasteiger partial charge on any atom is -0.508 e. The van der Waals surface area contributed by atoms with Crippen molar-refractivity contribution in [3.05, 3.63) is 109 Å². The highest BCUT2D eigenvalue weighted by Crippen LogP contribution is 2.25. The average Bonchev–Trinajstić information content (AvgIpc) is 2.70. The number of benzene rings is 4. The molecule has 0 radical (unpaired) electrons. The van der Waals surface area contributed by atoms with Gasteiger partial charge in [-0.25, -0.2) is 4.79 Å². The maximum atomic E-state index is 12.0. The molecule has 0 heterocycles. The van der Waals surface area contributed by atoms with Crippen LogP contribution in [0.3, 0.4) is 0 Å². The van der Waals surface area contributed by atoms with Crippen molar-refractivity contribution in [1.29, 1.82) is 0 Å².